The summed E-state index contributed by atoms with van der Waals surface area (Å²) in [6, 6.07) is 5.25. The molecule has 0 fully saturated rings. The van der Waals surface area contributed by atoms with Gasteiger partial charge in [-0.25, -0.2) is 0 Å². The molecule has 1 aromatic carbocycles. The van der Waals surface area contributed by atoms with E-state index < -0.39 is 0 Å². The molecule has 0 spiro atoms. The maximum Gasteiger partial charge on any atom is 0.167 e. The minimum absolute atomic E-state index is 0.0293. The molecule has 4 heteroatoms. The lowest BCUT2D eigenvalue weighted by Crippen LogP contribution is -2.08. The van der Waals surface area contributed by atoms with E-state index in [1.807, 2.05) is 6.92 Å². The second kappa shape index (κ2) is 6.79. The van der Waals surface area contributed by atoms with E-state index >= 15 is 0 Å². The number of rotatable bonds is 7. The molecular formula is C14H19NO3. The number of benzene rings is 1. The van der Waals surface area contributed by atoms with Gasteiger partial charge in [-0.2, -0.15) is 0 Å². The Kier molecular flexibility index (Phi) is 5.36. The SMILES string of the molecule is CCCOc1cc(OCC(C)=O)ccc1C(C)=N. The Bertz CT molecular complexity index is 441. The van der Waals surface area contributed by atoms with Crippen molar-refractivity contribution in [2.75, 3.05) is 13.2 Å². The largest absolute Gasteiger partial charge is 0.493 e. The Labute approximate surface area is 107 Å². The van der Waals surface area contributed by atoms with Gasteiger partial charge >= 0.3 is 0 Å². The van der Waals surface area contributed by atoms with Crippen molar-refractivity contribution in [3.8, 4) is 11.5 Å². The topological polar surface area (TPSA) is 59.4 Å². The zero-order valence-electron chi connectivity index (χ0n) is 11.1. The maximum atomic E-state index is 10.9. The first kappa shape index (κ1) is 14.2. The van der Waals surface area contributed by atoms with Crippen molar-refractivity contribution in [1.29, 1.82) is 5.41 Å². The molecule has 0 aliphatic rings. The molecule has 0 bridgehead atoms. The average Bonchev–Trinajstić information content (AvgIpc) is 2.33. The van der Waals surface area contributed by atoms with E-state index in [0.29, 0.717) is 23.8 Å². The molecule has 0 heterocycles. The summed E-state index contributed by atoms with van der Waals surface area (Å²) in [7, 11) is 0. The first-order valence-electron chi connectivity index (χ1n) is 5.99. The number of ether oxygens (including phenoxy) is 2. The monoisotopic (exact) mass is 249 g/mol. The third-order valence-corrected chi connectivity index (χ3v) is 2.26. The third kappa shape index (κ3) is 4.20. The summed E-state index contributed by atoms with van der Waals surface area (Å²) in [5, 5.41) is 7.68. The average molecular weight is 249 g/mol. The molecule has 0 aliphatic carbocycles. The van der Waals surface area contributed by atoms with Gasteiger partial charge in [-0.05, 0) is 32.4 Å². The predicted molar refractivity (Wildman–Crippen MR) is 70.9 cm³/mol. The summed E-state index contributed by atoms with van der Waals surface area (Å²) in [4.78, 5) is 10.9. The molecule has 0 amide bonds. The second-order valence-corrected chi connectivity index (χ2v) is 4.12. The Morgan fingerprint density at radius 2 is 2.00 bits per heavy atom. The Balaban J connectivity index is 2.89. The summed E-state index contributed by atoms with van der Waals surface area (Å²) in [6.45, 7) is 5.86. The van der Waals surface area contributed by atoms with Crippen LogP contribution in [0.25, 0.3) is 0 Å². The molecule has 1 rings (SSSR count). The molecule has 18 heavy (non-hydrogen) atoms. The Hall–Kier alpha value is -1.84. The van der Waals surface area contributed by atoms with Crippen molar-refractivity contribution in [1.82, 2.24) is 0 Å². The van der Waals surface area contributed by atoms with Crippen LogP contribution in [0.2, 0.25) is 0 Å². The standard InChI is InChI=1S/C14H19NO3/c1-4-7-17-14-8-12(18-9-10(2)16)5-6-13(14)11(3)15/h5-6,8,15H,4,7,9H2,1-3H3. The van der Waals surface area contributed by atoms with Gasteiger partial charge in [0, 0.05) is 17.3 Å². The fourth-order valence-corrected chi connectivity index (χ4v) is 1.42. The summed E-state index contributed by atoms with van der Waals surface area (Å²) in [5.74, 6) is 1.19. The van der Waals surface area contributed by atoms with Crippen LogP contribution in [0, 0.1) is 5.41 Å². The van der Waals surface area contributed by atoms with Crippen LogP contribution in [-0.4, -0.2) is 24.7 Å². The van der Waals surface area contributed by atoms with Crippen LogP contribution in [0.1, 0.15) is 32.8 Å². The number of hydrogen-bond acceptors (Lipinski definition) is 4. The minimum atomic E-state index is -0.0293. The van der Waals surface area contributed by atoms with E-state index in [4.69, 9.17) is 14.9 Å². The summed E-state index contributed by atoms with van der Waals surface area (Å²) < 4.78 is 10.9. The summed E-state index contributed by atoms with van der Waals surface area (Å²) in [5.41, 5.74) is 1.19. The number of carbonyl (C=O) groups excluding carboxylic acids is 1. The van der Waals surface area contributed by atoms with Gasteiger partial charge in [0.1, 0.15) is 18.1 Å². The van der Waals surface area contributed by atoms with Crippen molar-refractivity contribution in [3.63, 3.8) is 0 Å². The van der Waals surface area contributed by atoms with Gasteiger partial charge in [-0.15, -0.1) is 0 Å². The lowest BCUT2D eigenvalue weighted by atomic mass is 10.1. The number of ketones is 1. The molecule has 4 nitrogen and oxygen atoms in total. The highest BCUT2D eigenvalue weighted by atomic mass is 16.5. The normalized spacial score (nSPS) is 9.94. The zero-order valence-corrected chi connectivity index (χ0v) is 11.1. The van der Waals surface area contributed by atoms with Gasteiger partial charge in [-0.1, -0.05) is 6.92 Å². The summed E-state index contributed by atoms with van der Waals surface area (Å²) in [6.07, 6.45) is 0.898. The first-order chi connectivity index (χ1) is 8.54. The van der Waals surface area contributed by atoms with Crippen LogP contribution in [0.4, 0.5) is 0 Å². The van der Waals surface area contributed by atoms with Crippen molar-refractivity contribution in [2.24, 2.45) is 0 Å². The van der Waals surface area contributed by atoms with Gasteiger partial charge in [0.05, 0.1) is 6.61 Å². The van der Waals surface area contributed by atoms with Crippen molar-refractivity contribution in [3.05, 3.63) is 23.8 Å². The van der Waals surface area contributed by atoms with E-state index in [1.165, 1.54) is 6.92 Å². The molecule has 1 aromatic rings. The molecule has 98 valence electrons. The van der Waals surface area contributed by atoms with Crippen LogP contribution < -0.4 is 9.47 Å². The summed E-state index contributed by atoms with van der Waals surface area (Å²) >= 11 is 0. The van der Waals surface area contributed by atoms with Gasteiger partial charge in [0.25, 0.3) is 0 Å². The Morgan fingerprint density at radius 3 is 2.56 bits per heavy atom. The van der Waals surface area contributed by atoms with Crippen LogP contribution in [0.3, 0.4) is 0 Å². The predicted octanol–water partition coefficient (Wildman–Crippen LogP) is 2.83. The molecule has 1 N–H and O–H groups in total. The van der Waals surface area contributed by atoms with Gasteiger partial charge in [0.15, 0.2) is 5.78 Å². The lowest BCUT2D eigenvalue weighted by Gasteiger charge is -2.12. The smallest absolute Gasteiger partial charge is 0.167 e. The minimum Gasteiger partial charge on any atom is -0.493 e. The van der Waals surface area contributed by atoms with Crippen molar-refractivity contribution < 1.29 is 14.3 Å². The van der Waals surface area contributed by atoms with Crippen LogP contribution in [0.15, 0.2) is 18.2 Å². The maximum absolute atomic E-state index is 10.9. The second-order valence-electron chi connectivity index (χ2n) is 4.12. The molecule has 0 aliphatic heterocycles. The molecular weight excluding hydrogens is 230 g/mol. The first-order valence-corrected chi connectivity index (χ1v) is 5.99. The van der Waals surface area contributed by atoms with Crippen LogP contribution in [-0.2, 0) is 4.79 Å². The van der Waals surface area contributed by atoms with Crippen LogP contribution in [0.5, 0.6) is 11.5 Å². The van der Waals surface area contributed by atoms with E-state index in [2.05, 4.69) is 0 Å². The molecule has 0 saturated heterocycles. The van der Waals surface area contributed by atoms with E-state index in [0.717, 1.165) is 12.0 Å². The van der Waals surface area contributed by atoms with E-state index in [9.17, 15) is 4.79 Å². The molecule has 0 atom stereocenters. The van der Waals surface area contributed by atoms with Gasteiger partial charge in [-0.3, -0.25) is 4.79 Å². The fraction of sp³-hybridized carbons (Fsp3) is 0.429. The Morgan fingerprint density at radius 1 is 1.28 bits per heavy atom. The van der Waals surface area contributed by atoms with Crippen molar-refractivity contribution >= 4 is 11.5 Å². The quantitative estimate of drug-likeness (QED) is 0.756. The zero-order chi connectivity index (χ0) is 13.5. The van der Waals surface area contributed by atoms with Gasteiger partial charge < -0.3 is 14.9 Å². The number of hydrogen-bond donors (Lipinski definition) is 1. The number of nitrogens with one attached hydrogen (secondary N) is 1. The molecule has 0 saturated carbocycles. The third-order valence-electron chi connectivity index (χ3n) is 2.26. The van der Waals surface area contributed by atoms with Crippen molar-refractivity contribution in [2.45, 2.75) is 27.2 Å². The van der Waals surface area contributed by atoms with Gasteiger partial charge in [0.2, 0.25) is 0 Å². The molecule has 0 radical (unpaired) electrons. The molecule has 0 unspecified atom stereocenters. The highest BCUT2D eigenvalue weighted by molar-refractivity contribution is 5.99. The van der Waals surface area contributed by atoms with Crippen LogP contribution >= 0.6 is 0 Å². The number of carbonyl (C=O) groups is 1. The van der Waals surface area contributed by atoms with E-state index in [1.54, 1.807) is 25.1 Å². The molecule has 0 aromatic heterocycles. The van der Waals surface area contributed by atoms with E-state index in [-0.39, 0.29) is 12.4 Å². The highest BCUT2D eigenvalue weighted by Crippen LogP contribution is 2.25. The highest BCUT2D eigenvalue weighted by Gasteiger charge is 2.08. The number of Topliss-reactive ketones (excluding diaryl/α,β-unsaturated/α-hetero) is 1. The lowest BCUT2D eigenvalue weighted by molar-refractivity contribution is -0.118. The fourth-order valence-electron chi connectivity index (χ4n) is 1.42.